The number of rotatable bonds is 7. The van der Waals surface area contributed by atoms with Gasteiger partial charge in [-0.3, -0.25) is 4.79 Å². The van der Waals surface area contributed by atoms with Crippen LogP contribution in [0.3, 0.4) is 0 Å². The lowest BCUT2D eigenvalue weighted by Gasteiger charge is -2.29. The van der Waals surface area contributed by atoms with Crippen LogP contribution in [-0.2, 0) is 16.9 Å². The SMILES string of the molecule is CC(C)C[C@]1(c2ccccc2)NC(=O)N(C[NH+](C)Cc2c(F)cccc2Cl)C1=O. The Kier molecular flexibility index (Phi) is 6.24. The first kappa shape index (κ1) is 21.3. The molecule has 2 N–H and O–H groups in total. The molecule has 154 valence electrons. The van der Waals surface area contributed by atoms with Gasteiger partial charge in [-0.05, 0) is 30.0 Å². The molecule has 0 spiro atoms. The van der Waals surface area contributed by atoms with Crippen LogP contribution in [0.1, 0.15) is 31.4 Å². The fraction of sp³-hybridized carbons (Fsp3) is 0.364. The van der Waals surface area contributed by atoms with Crippen LogP contribution in [-0.4, -0.2) is 30.6 Å². The quantitative estimate of drug-likeness (QED) is 0.679. The molecule has 2 aromatic rings. The van der Waals surface area contributed by atoms with E-state index in [1.807, 2.05) is 44.2 Å². The van der Waals surface area contributed by atoms with Gasteiger partial charge in [-0.1, -0.05) is 61.8 Å². The van der Waals surface area contributed by atoms with Gasteiger partial charge in [-0.25, -0.2) is 14.1 Å². The number of urea groups is 1. The first-order valence-electron chi connectivity index (χ1n) is 9.68. The molecule has 3 amide bonds. The molecule has 5 nitrogen and oxygen atoms in total. The maximum Gasteiger partial charge on any atom is 0.329 e. The zero-order valence-corrected chi connectivity index (χ0v) is 17.6. The minimum atomic E-state index is -1.08. The van der Waals surface area contributed by atoms with E-state index in [9.17, 15) is 14.0 Å². The summed E-state index contributed by atoms with van der Waals surface area (Å²) in [6, 6.07) is 13.4. The first-order valence-corrected chi connectivity index (χ1v) is 10.1. The van der Waals surface area contributed by atoms with Gasteiger partial charge in [0.05, 0.1) is 17.6 Å². The fourth-order valence-corrected chi connectivity index (χ4v) is 4.12. The summed E-state index contributed by atoms with van der Waals surface area (Å²) in [5.41, 5.74) is 0.0576. The van der Waals surface area contributed by atoms with Gasteiger partial charge in [-0.2, -0.15) is 0 Å². The second-order valence-electron chi connectivity index (χ2n) is 8.02. The molecular formula is C22H26ClFN3O2+. The van der Waals surface area contributed by atoms with E-state index in [-0.39, 0.29) is 25.0 Å². The Balaban J connectivity index is 1.83. The van der Waals surface area contributed by atoms with Crippen LogP contribution in [0.5, 0.6) is 0 Å². The van der Waals surface area contributed by atoms with Crippen molar-refractivity contribution >= 4 is 23.5 Å². The van der Waals surface area contributed by atoms with E-state index in [0.29, 0.717) is 17.0 Å². The average molecular weight is 419 g/mol. The maximum absolute atomic E-state index is 14.1. The smallest absolute Gasteiger partial charge is 0.319 e. The van der Waals surface area contributed by atoms with Gasteiger partial charge < -0.3 is 10.2 Å². The molecule has 1 fully saturated rings. The summed E-state index contributed by atoms with van der Waals surface area (Å²) in [4.78, 5) is 28.2. The Hall–Kier alpha value is -2.44. The largest absolute Gasteiger partial charge is 0.329 e. The summed E-state index contributed by atoms with van der Waals surface area (Å²) >= 11 is 6.12. The van der Waals surface area contributed by atoms with E-state index in [0.717, 1.165) is 10.5 Å². The van der Waals surface area contributed by atoms with Crippen molar-refractivity contribution in [2.45, 2.75) is 32.4 Å². The van der Waals surface area contributed by atoms with E-state index < -0.39 is 17.4 Å². The van der Waals surface area contributed by atoms with Crippen LogP contribution in [0, 0.1) is 11.7 Å². The Labute approximate surface area is 175 Å². The number of imide groups is 1. The maximum atomic E-state index is 14.1. The molecule has 3 rings (SSSR count). The minimum Gasteiger partial charge on any atom is -0.319 e. The highest BCUT2D eigenvalue weighted by molar-refractivity contribution is 6.31. The second-order valence-corrected chi connectivity index (χ2v) is 8.43. The monoisotopic (exact) mass is 418 g/mol. The number of nitrogens with one attached hydrogen (secondary N) is 2. The molecule has 0 radical (unpaired) electrons. The lowest BCUT2D eigenvalue weighted by Crippen LogP contribution is -3.09. The van der Waals surface area contributed by atoms with Crippen LogP contribution in [0.15, 0.2) is 48.5 Å². The Morgan fingerprint density at radius 2 is 1.83 bits per heavy atom. The number of hydrogen-bond acceptors (Lipinski definition) is 2. The van der Waals surface area contributed by atoms with Crippen molar-refractivity contribution in [1.82, 2.24) is 10.2 Å². The Bertz CT molecular complexity index is 886. The molecule has 2 atom stereocenters. The molecule has 1 aliphatic heterocycles. The third-order valence-electron chi connectivity index (χ3n) is 5.13. The molecule has 1 unspecified atom stereocenters. The zero-order valence-electron chi connectivity index (χ0n) is 16.8. The highest BCUT2D eigenvalue weighted by Gasteiger charge is 2.53. The summed E-state index contributed by atoms with van der Waals surface area (Å²) in [7, 11) is 1.80. The van der Waals surface area contributed by atoms with Gasteiger partial charge in [0.1, 0.15) is 17.9 Å². The predicted molar refractivity (Wildman–Crippen MR) is 110 cm³/mol. The number of halogens is 2. The lowest BCUT2D eigenvalue weighted by molar-refractivity contribution is -0.901. The van der Waals surface area contributed by atoms with Gasteiger partial charge in [0.2, 0.25) is 0 Å². The molecule has 0 aromatic heterocycles. The number of amides is 3. The number of quaternary nitrogens is 1. The topological polar surface area (TPSA) is 53.9 Å². The average Bonchev–Trinajstić information content (AvgIpc) is 2.90. The van der Waals surface area contributed by atoms with E-state index in [1.54, 1.807) is 19.2 Å². The number of nitrogens with zero attached hydrogens (tertiary/aromatic N) is 1. The number of hydrogen-bond donors (Lipinski definition) is 2. The van der Waals surface area contributed by atoms with E-state index in [4.69, 9.17) is 11.6 Å². The predicted octanol–water partition coefficient (Wildman–Crippen LogP) is 2.94. The molecular weight excluding hydrogens is 393 g/mol. The molecule has 1 saturated heterocycles. The van der Waals surface area contributed by atoms with Crippen LogP contribution in [0.2, 0.25) is 5.02 Å². The van der Waals surface area contributed by atoms with Gasteiger partial charge in [0, 0.05) is 0 Å². The molecule has 0 bridgehead atoms. The van der Waals surface area contributed by atoms with Gasteiger partial charge in [0.15, 0.2) is 6.67 Å². The standard InChI is InChI=1S/C22H25ClFN3O2/c1-15(2)12-22(16-8-5-4-6-9-16)20(28)27(21(29)25-22)14-26(3)13-17-18(23)10-7-11-19(17)24/h4-11,15H,12-14H2,1-3H3,(H,25,29)/p+1/t22-/m1/s1. The summed E-state index contributed by atoms with van der Waals surface area (Å²) in [5, 5.41) is 3.26. The van der Waals surface area contributed by atoms with E-state index in [2.05, 4.69) is 5.32 Å². The summed E-state index contributed by atoms with van der Waals surface area (Å²) < 4.78 is 14.1. The van der Waals surface area contributed by atoms with E-state index >= 15 is 0 Å². The third-order valence-corrected chi connectivity index (χ3v) is 5.48. The molecule has 2 aromatic carbocycles. The Morgan fingerprint density at radius 3 is 2.45 bits per heavy atom. The molecule has 0 saturated carbocycles. The lowest BCUT2D eigenvalue weighted by atomic mass is 9.82. The molecule has 7 heteroatoms. The van der Waals surface area contributed by atoms with Crippen LogP contribution in [0.4, 0.5) is 9.18 Å². The zero-order chi connectivity index (χ0) is 21.2. The third kappa shape index (κ3) is 4.28. The van der Waals surface area contributed by atoms with Gasteiger partial charge in [-0.15, -0.1) is 0 Å². The van der Waals surface area contributed by atoms with Crippen molar-refractivity contribution in [2.24, 2.45) is 5.92 Å². The first-order chi connectivity index (χ1) is 13.7. The minimum absolute atomic E-state index is 0.113. The van der Waals surface area contributed by atoms with Crippen molar-refractivity contribution in [1.29, 1.82) is 0 Å². The molecule has 29 heavy (non-hydrogen) atoms. The second kappa shape index (κ2) is 8.51. The normalized spacial score (nSPS) is 20.3. The van der Waals surface area contributed by atoms with Crippen molar-refractivity contribution in [3.8, 4) is 0 Å². The molecule has 0 aliphatic carbocycles. The van der Waals surface area contributed by atoms with Crippen LogP contribution in [0.25, 0.3) is 0 Å². The van der Waals surface area contributed by atoms with Crippen molar-refractivity contribution in [3.05, 3.63) is 70.5 Å². The Morgan fingerprint density at radius 1 is 1.14 bits per heavy atom. The molecule has 1 heterocycles. The van der Waals surface area contributed by atoms with Gasteiger partial charge in [0.25, 0.3) is 5.91 Å². The number of benzene rings is 2. The number of carbonyl (C=O) groups excluding carboxylic acids is 2. The molecule has 1 aliphatic rings. The summed E-state index contributed by atoms with van der Waals surface area (Å²) in [6.07, 6.45) is 0.496. The summed E-state index contributed by atoms with van der Waals surface area (Å²) in [6.45, 7) is 4.40. The highest BCUT2D eigenvalue weighted by Crippen LogP contribution is 2.34. The summed E-state index contributed by atoms with van der Waals surface area (Å²) in [5.74, 6) is -0.476. The van der Waals surface area contributed by atoms with Crippen molar-refractivity contribution in [3.63, 3.8) is 0 Å². The van der Waals surface area contributed by atoms with Crippen LogP contribution >= 0.6 is 11.6 Å². The van der Waals surface area contributed by atoms with E-state index in [1.165, 1.54) is 11.0 Å². The van der Waals surface area contributed by atoms with Crippen LogP contribution < -0.4 is 10.2 Å². The number of carbonyl (C=O) groups is 2. The fourth-order valence-electron chi connectivity index (χ4n) is 3.89. The van der Waals surface area contributed by atoms with Crippen molar-refractivity contribution in [2.75, 3.05) is 13.7 Å². The van der Waals surface area contributed by atoms with Crippen molar-refractivity contribution < 1.29 is 18.9 Å². The highest BCUT2D eigenvalue weighted by atomic mass is 35.5. The van der Waals surface area contributed by atoms with Gasteiger partial charge >= 0.3 is 6.03 Å².